The average Bonchev–Trinajstić information content (AvgIpc) is 2.82. The van der Waals surface area contributed by atoms with Gasteiger partial charge in [0.2, 0.25) is 0 Å². The topological polar surface area (TPSA) is 55.4 Å². The first-order valence-electron chi connectivity index (χ1n) is 5.87. The Balaban J connectivity index is 2.34. The van der Waals surface area contributed by atoms with Gasteiger partial charge in [-0.05, 0) is 45.9 Å². The summed E-state index contributed by atoms with van der Waals surface area (Å²) in [7, 11) is 1.30. The Hall–Kier alpha value is -1.37. The van der Waals surface area contributed by atoms with Crippen molar-refractivity contribution in [1.29, 1.82) is 0 Å². The minimum absolute atomic E-state index is 0.322. The number of anilines is 1. The molecule has 21 heavy (non-hydrogen) atoms. The van der Waals surface area contributed by atoms with Crippen molar-refractivity contribution in [3.05, 3.63) is 49.1 Å². The highest BCUT2D eigenvalue weighted by atomic mass is 79.9. The van der Waals surface area contributed by atoms with Crippen LogP contribution in [0.4, 0.5) is 5.69 Å². The van der Waals surface area contributed by atoms with Crippen molar-refractivity contribution < 1.29 is 14.3 Å². The van der Waals surface area contributed by atoms with Crippen LogP contribution in [0.25, 0.3) is 0 Å². The van der Waals surface area contributed by atoms with Crippen LogP contribution in [0.2, 0.25) is 5.02 Å². The van der Waals surface area contributed by atoms with Crippen molar-refractivity contribution >= 4 is 56.4 Å². The second kappa shape index (κ2) is 6.60. The number of thiophene rings is 1. The summed E-state index contributed by atoms with van der Waals surface area (Å²) in [4.78, 5) is 24.4. The number of nitrogens with one attached hydrogen (secondary N) is 1. The van der Waals surface area contributed by atoms with Gasteiger partial charge in [-0.25, -0.2) is 4.79 Å². The van der Waals surface area contributed by atoms with Crippen LogP contribution in [-0.2, 0) is 4.74 Å². The number of benzene rings is 1. The van der Waals surface area contributed by atoms with Crippen molar-refractivity contribution in [3.63, 3.8) is 0 Å². The molecule has 110 valence electrons. The number of rotatable bonds is 3. The van der Waals surface area contributed by atoms with Gasteiger partial charge in [-0.15, -0.1) is 11.3 Å². The molecule has 1 aromatic carbocycles. The molecule has 0 unspecified atom stereocenters. The van der Waals surface area contributed by atoms with Crippen LogP contribution in [0.1, 0.15) is 25.6 Å². The maximum atomic E-state index is 12.3. The number of hydrogen-bond donors (Lipinski definition) is 1. The maximum Gasteiger partial charge on any atom is 0.350 e. The molecule has 1 N–H and O–H groups in total. The van der Waals surface area contributed by atoms with Gasteiger partial charge in [0.15, 0.2) is 0 Å². The van der Waals surface area contributed by atoms with Crippen molar-refractivity contribution in [2.45, 2.75) is 6.92 Å². The largest absolute Gasteiger partial charge is 0.465 e. The molecule has 0 fully saturated rings. The highest BCUT2D eigenvalue weighted by molar-refractivity contribution is 9.10. The fourth-order valence-corrected chi connectivity index (χ4v) is 3.20. The van der Waals surface area contributed by atoms with E-state index in [4.69, 9.17) is 16.3 Å². The van der Waals surface area contributed by atoms with E-state index in [0.29, 0.717) is 25.6 Å². The Bertz CT molecular complexity index is 714. The molecule has 0 aliphatic heterocycles. The SMILES string of the molecule is COC(=O)c1scc(C)c1NC(=O)c1cccc(Br)c1Cl. The van der Waals surface area contributed by atoms with E-state index < -0.39 is 5.97 Å². The zero-order valence-electron chi connectivity index (χ0n) is 11.2. The summed E-state index contributed by atoms with van der Waals surface area (Å²) in [6.07, 6.45) is 0. The molecule has 0 saturated carbocycles. The summed E-state index contributed by atoms with van der Waals surface area (Å²) in [6.45, 7) is 1.81. The van der Waals surface area contributed by atoms with Crippen LogP contribution in [0.5, 0.6) is 0 Å². The van der Waals surface area contributed by atoms with E-state index in [-0.39, 0.29) is 5.91 Å². The van der Waals surface area contributed by atoms with Gasteiger partial charge in [-0.3, -0.25) is 4.79 Å². The van der Waals surface area contributed by atoms with Gasteiger partial charge in [-0.1, -0.05) is 17.7 Å². The maximum absolute atomic E-state index is 12.3. The van der Waals surface area contributed by atoms with Crippen molar-refractivity contribution in [2.24, 2.45) is 0 Å². The summed E-state index contributed by atoms with van der Waals surface area (Å²) in [5.74, 6) is -0.864. The molecule has 7 heteroatoms. The van der Waals surface area contributed by atoms with Crippen LogP contribution in [0.3, 0.4) is 0 Å². The van der Waals surface area contributed by atoms with Crippen LogP contribution in [-0.4, -0.2) is 19.0 Å². The summed E-state index contributed by atoms with van der Waals surface area (Å²) >= 11 is 10.6. The highest BCUT2D eigenvalue weighted by Gasteiger charge is 2.20. The second-order valence-corrected chi connectivity index (χ2v) is 6.28. The van der Waals surface area contributed by atoms with E-state index in [1.54, 1.807) is 30.5 Å². The summed E-state index contributed by atoms with van der Waals surface area (Å²) in [5.41, 5.74) is 1.57. The zero-order valence-corrected chi connectivity index (χ0v) is 14.4. The first-order valence-corrected chi connectivity index (χ1v) is 7.92. The molecule has 2 rings (SSSR count). The quantitative estimate of drug-likeness (QED) is 0.787. The number of methoxy groups -OCH3 is 1. The van der Waals surface area contributed by atoms with Gasteiger partial charge in [0.25, 0.3) is 5.91 Å². The molecule has 0 atom stereocenters. The van der Waals surface area contributed by atoms with E-state index in [1.807, 2.05) is 0 Å². The molecule has 0 saturated heterocycles. The molecule has 4 nitrogen and oxygen atoms in total. The molecule has 0 aliphatic rings. The van der Waals surface area contributed by atoms with Crippen LogP contribution >= 0.6 is 38.9 Å². The molecule has 0 aliphatic carbocycles. The second-order valence-electron chi connectivity index (χ2n) is 4.17. The van der Waals surface area contributed by atoms with Gasteiger partial charge in [-0.2, -0.15) is 0 Å². The number of hydrogen-bond acceptors (Lipinski definition) is 4. The Kier molecular flexibility index (Phi) is 5.03. The van der Waals surface area contributed by atoms with Crippen LogP contribution < -0.4 is 5.32 Å². The van der Waals surface area contributed by atoms with Gasteiger partial charge in [0.1, 0.15) is 4.88 Å². The Morgan fingerprint density at radius 2 is 2.10 bits per heavy atom. The van der Waals surface area contributed by atoms with Crippen molar-refractivity contribution in [2.75, 3.05) is 12.4 Å². The first kappa shape index (κ1) is 16.0. The minimum Gasteiger partial charge on any atom is -0.465 e. The fraction of sp³-hybridized carbons (Fsp3) is 0.143. The number of ether oxygens (including phenoxy) is 1. The van der Waals surface area contributed by atoms with Crippen molar-refractivity contribution in [3.8, 4) is 0 Å². The molecule has 1 aromatic heterocycles. The van der Waals surface area contributed by atoms with E-state index >= 15 is 0 Å². The molecule has 0 spiro atoms. The Morgan fingerprint density at radius 1 is 1.38 bits per heavy atom. The van der Waals surface area contributed by atoms with Gasteiger partial charge in [0, 0.05) is 4.47 Å². The lowest BCUT2D eigenvalue weighted by Crippen LogP contribution is -2.15. The monoisotopic (exact) mass is 387 g/mol. The summed E-state index contributed by atoms with van der Waals surface area (Å²) in [6, 6.07) is 5.07. The Labute approximate surface area is 139 Å². The van der Waals surface area contributed by atoms with E-state index in [9.17, 15) is 9.59 Å². The van der Waals surface area contributed by atoms with E-state index in [2.05, 4.69) is 21.2 Å². The lowest BCUT2D eigenvalue weighted by molar-refractivity contribution is 0.0607. The molecular formula is C14H11BrClNO3S. The number of carbonyl (C=O) groups excluding carboxylic acids is 2. The van der Waals surface area contributed by atoms with E-state index in [0.717, 1.165) is 5.56 Å². The third-order valence-electron chi connectivity index (χ3n) is 2.78. The molecule has 2 aromatic rings. The number of carbonyl (C=O) groups is 2. The number of amides is 1. The summed E-state index contributed by atoms with van der Waals surface area (Å²) < 4.78 is 5.34. The van der Waals surface area contributed by atoms with Gasteiger partial charge >= 0.3 is 5.97 Å². The zero-order chi connectivity index (χ0) is 15.6. The van der Waals surface area contributed by atoms with Gasteiger partial charge < -0.3 is 10.1 Å². The molecule has 0 radical (unpaired) electrons. The predicted octanol–water partition coefficient (Wildman–Crippen LogP) is 4.51. The Morgan fingerprint density at radius 3 is 2.76 bits per heavy atom. The highest BCUT2D eigenvalue weighted by Crippen LogP contribution is 2.31. The standard InChI is InChI=1S/C14H11BrClNO3S/c1-7-6-21-12(14(19)20-2)11(7)17-13(18)8-4-3-5-9(15)10(8)16/h3-6H,1-2H3,(H,17,18). The molecule has 1 amide bonds. The molecular weight excluding hydrogens is 378 g/mol. The number of esters is 1. The van der Waals surface area contributed by atoms with Crippen LogP contribution in [0.15, 0.2) is 28.1 Å². The van der Waals surface area contributed by atoms with Crippen molar-refractivity contribution in [1.82, 2.24) is 0 Å². The van der Waals surface area contributed by atoms with Crippen LogP contribution in [0, 0.1) is 6.92 Å². The molecule has 0 bridgehead atoms. The predicted molar refractivity (Wildman–Crippen MR) is 87.5 cm³/mol. The third kappa shape index (κ3) is 3.28. The smallest absolute Gasteiger partial charge is 0.350 e. The first-order chi connectivity index (χ1) is 9.95. The van der Waals surface area contributed by atoms with E-state index in [1.165, 1.54) is 18.4 Å². The lowest BCUT2D eigenvalue weighted by Gasteiger charge is -2.09. The minimum atomic E-state index is -0.483. The average molecular weight is 389 g/mol. The number of halogens is 2. The lowest BCUT2D eigenvalue weighted by atomic mass is 10.2. The molecule has 1 heterocycles. The fourth-order valence-electron chi connectivity index (χ4n) is 1.70. The third-order valence-corrected chi connectivity index (χ3v) is 5.15. The van der Waals surface area contributed by atoms with Gasteiger partial charge in [0.05, 0.1) is 23.4 Å². The summed E-state index contributed by atoms with van der Waals surface area (Å²) in [5, 5.41) is 4.83. The number of aryl methyl sites for hydroxylation is 1. The normalized spacial score (nSPS) is 10.3.